The van der Waals surface area contributed by atoms with Crippen LogP contribution in [0.15, 0.2) is 24.3 Å². The fourth-order valence-electron chi connectivity index (χ4n) is 3.47. The molecule has 2 fully saturated rings. The molecular weight excluding hydrogens is 334 g/mol. The highest BCUT2D eigenvalue weighted by Crippen LogP contribution is 2.25. The Balaban J connectivity index is 1.40. The summed E-state index contributed by atoms with van der Waals surface area (Å²) >= 11 is 0. The number of carbonyl (C=O) groups is 3. The van der Waals surface area contributed by atoms with Gasteiger partial charge in [0.1, 0.15) is 6.61 Å². The van der Waals surface area contributed by atoms with Crippen molar-refractivity contribution < 1.29 is 19.1 Å². The Morgan fingerprint density at radius 2 is 2.04 bits per heavy atom. The topological polar surface area (TPSA) is 79.0 Å². The smallest absolute Gasteiger partial charge is 0.248 e. The lowest BCUT2D eigenvalue weighted by Crippen LogP contribution is -2.62. The summed E-state index contributed by atoms with van der Waals surface area (Å²) in [5, 5.41) is 2.59. The van der Waals surface area contributed by atoms with Gasteiger partial charge < -0.3 is 19.9 Å². The number of nitrogens with zero attached hydrogens (tertiary/aromatic N) is 2. The summed E-state index contributed by atoms with van der Waals surface area (Å²) in [6.07, 6.45) is 0.254. The maximum Gasteiger partial charge on any atom is 0.248 e. The van der Waals surface area contributed by atoms with Crippen LogP contribution in [-0.4, -0.2) is 66.9 Å². The Bertz CT molecular complexity index is 700. The van der Waals surface area contributed by atoms with Crippen LogP contribution in [0.25, 0.3) is 0 Å². The SMILES string of the molecule is CNC(=O)C1CC(=O)N(C2CN(C(=O)COCc3cccc(C)c3)C2)C1. The van der Waals surface area contributed by atoms with Crippen molar-refractivity contribution >= 4 is 17.7 Å². The average Bonchev–Trinajstić information content (AvgIpc) is 2.94. The van der Waals surface area contributed by atoms with Gasteiger partial charge in [-0.15, -0.1) is 0 Å². The molecule has 2 heterocycles. The predicted octanol–water partition coefficient (Wildman–Crippen LogP) is 0.317. The summed E-state index contributed by atoms with van der Waals surface area (Å²) in [6, 6.07) is 8.00. The summed E-state index contributed by atoms with van der Waals surface area (Å²) < 4.78 is 5.51. The van der Waals surface area contributed by atoms with Crippen LogP contribution in [0.2, 0.25) is 0 Å². The first kappa shape index (κ1) is 18.4. The van der Waals surface area contributed by atoms with E-state index in [4.69, 9.17) is 4.74 Å². The molecule has 1 atom stereocenters. The minimum Gasteiger partial charge on any atom is -0.367 e. The Kier molecular flexibility index (Phi) is 5.56. The predicted molar refractivity (Wildman–Crippen MR) is 95.1 cm³/mol. The van der Waals surface area contributed by atoms with Gasteiger partial charge in [0.05, 0.1) is 18.6 Å². The van der Waals surface area contributed by atoms with Crippen LogP contribution in [0, 0.1) is 12.8 Å². The van der Waals surface area contributed by atoms with Crippen LogP contribution < -0.4 is 5.32 Å². The van der Waals surface area contributed by atoms with E-state index < -0.39 is 0 Å². The van der Waals surface area contributed by atoms with E-state index in [1.807, 2.05) is 31.2 Å². The van der Waals surface area contributed by atoms with Crippen molar-refractivity contribution in [3.05, 3.63) is 35.4 Å². The summed E-state index contributed by atoms with van der Waals surface area (Å²) in [6.45, 7) is 3.93. The third-order valence-corrected chi connectivity index (χ3v) is 5.01. The van der Waals surface area contributed by atoms with Gasteiger partial charge in [0.25, 0.3) is 0 Å². The van der Waals surface area contributed by atoms with Crippen LogP contribution in [0.1, 0.15) is 17.5 Å². The molecule has 7 heteroatoms. The van der Waals surface area contributed by atoms with E-state index in [0.717, 1.165) is 11.1 Å². The molecular formula is C19H25N3O4. The first-order valence-electron chi connectivity index (χ1n) is 8.90. The molecule has 2 saturated heterocycles. The number of hydrogen-bond acceptors (Lipinski definition) is 4. The van der Waals surface area contributed by atoms with Gasteiger partial charge in [0.2, 0.25) is 17.7 Å². The normalized spacial score (nSPS) is 20.2. The Morgan fingerprint density at radius 3 is 2.73 bits per heavy atom. The summed E-state index contributed by atoms with van der Waals surface area (Å²) in [7, 11) is 1.58. The fraction of sp³-hybridized carbons (Fsp3) is 0.526. The van der Waals surface area contributed by atoms with Gasteiger partial charge in [0, 0.05) is 33.1 Å². The third-order valence-electron chi connectivity index (χ3n) is 5.01. The Labute approximate surface area is 153 Å². The largest absolute Gasteiger partial charge is 0.367 e. The molecule has 0 saturated carbocycles. The van der Waals surface area contributed by atoms with Crippen LogP contribution in [0.3, 0.4) is 0 Å². The molecule has 2 aliphatic rings. The van der Waals surface area contributed by atoms with Gasteiger partial charge in [-0.1, -0.05) is 29.8 Å². The molecule has 1 aromatic rings. The highest BCUT2D eigenvalue weighted by molar-refractivity contribution is 5.89. The maximum absolute atomic E-state index is 12.2. The number of likely N-dealkylation sites (tertiary alicyclic amines) is 2. The van der Waals surface area contributed by atoms with Crippen molar-refractivity contribution in [1.29, 1.82) is 0 Å². The molecule has 26 heavy (non-hydrogen) atoms. The van der Waals surface area contributed by atoms with Gasteiger partial charge in [-0.3, -0.25) is 14.4 Å². The molecule has 3 amide bonds. The van der Waals surface area contributed by atoms with Crippen molar-refractivity contribution in [2.75, 3.05) is 33.3 Å². The lowest BCUT2D eigenvalue weighted by atomic mass is 10.1. The average molecular weight is 359 g/mol. The Hall–Kier alpha value is -2.41. The van der Waals surface area contributed by atoms with Crippen LogP contribution in [-0.2, 0) is 25.7 Å². The fourth-order valence-corrected chi connectivity index (χ4v) is 3.47. The van der Waals surface area contributed by atoms with Crippen molar-refractivity contribution in [3.8, 4) is 0 Å². The molecule has 0 bridgehead atoms. The molecule has 7 nitrogen and oxygen atoms in total. The van der Waals surface area contributed by atoms with Crippen molar-refractivity contribution in [1.82, 2.24) is 15.1 Å². The highest BCUT2D eigenvalue weighted by Gasteiger charge is 2.43. The van der Waals surface area contributed by atoms with Crippen molar-refractivity contribution in [2.24, 2.45) is 5.92 Å². The maximum atomic E-state index is 12.2. The van der Waals surface area contributed by atoms with E-state index in [2.05, 4.69) is 5.32 Å². The van der Waals surface area contributed by atoms with E-state index in [1.165, 1.54) is 0 Å². The standard InChI is InChI=1S/C19H25N3O4/c1-13-4-3-5-14(6-13)11-26-12-18(24)21-9-16(10-21)22-8-15(7-17(22)23)19(25)20-2/h3-6,15-16H,7-12H2,1-2H3,(H,20,25). The molecule has 1 aromatic carbocycles. The van der Waals surface area contributed by atoms with E-state index in [-0.39, 0.29) is 42.7 Å². The number of carbonyl (C=O) groups excluding carboxylic acids is 3. The lowest BCUT2D eigenvalue weighted by Gasteiger charge is -2.44. The molecule has 0 aliphatic carbocycles. The summed E-state index contributed by atoms with van der Waals surface area (Å²) in [5.74, 6) is -0.456. The summed E-state index contributed by atoms with van der Waals surface area (Å²) in [4.78, 5) is 39.4. The van der Waals surface area contributed by atoms with E-state index in [9.17, 15) is 14.4 Å². The number of nitrogens with one attached hydrogen (secondary N) is 1. The molecule has 1 unspecified atom stereocenters. The van der Waals surface area contributed by atoms with Gasteiger partial charge in [-0.2, -0.15) is 0 Å². The first-order valence-corrected chi connectivity index (χ1v) is 8.90. The van der Waals surface area contributed by atoms with Crippen molar-refractivity contribution in [2.45, 2.75) is 26.0 Å². The molecule has 0 spiro atoms. The lowest BCUT2D eigenvalue weighted by molar-refractivity contribution is -0.148. The molecule has 0 aromatic heterocycles. The van der Waals surface area contributed by atoms with Crippen molar-refractivity contribution in [3.63, 3.8) is 0 Å². The number of rotatable bonds is 6. The third kappa shape index (κ3) is 4.04. The number of hydrogen-bond donors (Lipinski definition) is 1. The number of aryl methyl sites for hydroxylation is 1. The molecule has 140 valence electrons. The molecule has 0 radical (unpaired) electrons. The summed E-state index contributed by atoms with van der Waals surface area (Å²) in [5.41, 5.74) is 2.20. The minimum atomic E-state index is -0.282. The quantitative estimate of drug-likeness (QED) is 0.793. The zero-order valence-electron chi connectivity index (χ0n) is 15.2. The first-order chi connectivity index (χ1) is 12.5. The number of ether oxygens (including phenoxy) is 1. The second-order valence-electron chi connectivity index (χ2n) is 7.00. The van der Waals surface area contributed by atoms with Gasteiger partial charge in [-0.05, 0) is 12.5 Å². The van der Waals surface area contributed by atoms with Gasteiger partial charge in [-0.25, -0.2) is 0 Å². The monoisotopic (exact) mass is 359 g/mol. The van der Waals surface area contributed by atoms with Crippen LogP contribution in [0.4, 0.5) is 0 Å². The van der Waals surface area contributed by atoms with E-state index in [0.29, 0.717) is 26.2 Å². The van der Waals surface area contributed by atoms with Crippen LogP contribution >= 0.6 is 0 Å². The number of amides is 3. The number of benzene rings is 1. The Morgan fingerprint density at radius 1 is 1.27 bits per heavy atom. The van der Waals surface area contributed by atoms with Gasteiger partial charge >= 0.3 is 0 Å². The van der Waals surface area contributed by atoms with E-state index >= 15 is 0 Å². The second-order valence-corrected chi connectivity index (χ2v) is 7.00. The molecule has 3 rings (SSSR count). The minimum absolute atomic E-state index is 0.00797. The second kappa shape index (κ2) is 7.86. The van der Waals surface area contributed by atoms with E-state index in [1.54, 1.807) is 16.8 Å². The van der Waals surface area contributed by atoms with Gasteiger partial charge in [0.15, 0.2) is 0 Å². The zero-order valence-corrected chi connectivity index (χ0v) is 15.2. The zero-order chi connectivity index (χ0) is 18.7. The molecule has 2 aliphatic heterocycles. The highest BCUT2D eigenvalue weighted by atomic mass is 16.5. The van der Waals surface area contributed by atoms with Crippen LogP contribution in [0.5, 0.6) is 0 Å². The molecule has 1 N–H and O–H groups in total.